The lowest BCUT2D eigenvalue weighted by Gasteiger charge is -2.33. The summed E-state index contributed by atoms with van der Waals surface area (Å²) in [5, 5.41) is 0. The van der Waals surface area contributed by atoms with Gasteiger partial charge in [-0.15, -0.1) is 0 Å². The minimum absolute atomic E-state index is 0.137. The van der Waals surface area contributed by atoms with Gasteiger partial charge in [-0.1, -0.05) is 0 Å². The zero-order chi connectivity index (χ0) is 28.4. The SMILES string of the molecule is CN1CCN(CC(=O)OC(C)(C)C)CCN(CC(=O)OC(C)(C)C)CCN(CC(=O)OC(C)(C)C)CC1. The molecule has 0 unspecified atom stereocenters. The van der Waals surface area contributed by atoms with E-state index in [1.807, 2.05) is 74.3 Å². The Hall–Kier alpha value is -1.75. The molecule has 0 N–H and O–H groups in total. The second-order valence-corrected chi connectivity index (χ2v) is 12.9. The largest absolute Gasteiger partial charge is 0.459 e. The molecule has 216 valence electrons. The van der Waals surface area contributed by atoms with Crippen molar-refractivity contribution in [3.63, 3.8) is 0 Å². The van der Waals surface area contributed by atoms with Crippen LogP contribution in [0.4, 0.5) is 0 Å². The highest BCUT2D eigenvalue weighted by atomic mass is 16.6. The molecule has 0 radical (unpaired) electrons. The third kappa shape index (κ3) is 17.4. The molecule has 37 heavy (non-hydrogen) atoms. The van der Waals surface area contributed by atoms with E-state index in [0.717, 1.165) is 13.1 Å². The molecule has 0 aliphatic carbocycles. The number of nitrogens with zero attached hydrogens (tertiary/aromatic N) is 4. The van der Waals surface area contributed by atoms with Gasteiger partial charge in [-0.2, -0.15) is 0 Å². The lowest BCUT2D eigenvalue weighted by molar-refractivity contribution is -0.158. The summed E-state index contributed by atoms with van der Waals surface area (Å²) in [6.45, 7) is 22.5. The Morgan fingerprint density at radius 2 is 0.703 bits per heavy atom. The summed E-state index contributed by atoms with van der Waals surface area (Å²) in [6.07, 6.45) is 0. The van der Waals surface area contributed by atoms with Gasteiger partial charge >= 0.3 is 17.9 Å². The van der Waals surface area contributed by atoms with Gasteiger partial charge < -0.3 is 19.1 Å². The number of likely N-dealkylation sites (N-methyl/N-ethyl adjacent to an activating group) is 1. The Morgan fingerprint density at radius 3 is 0.919 bits per heavy atom. The standard InChI is InChI=1S/C27H52N4O6/c1-25(2,3)35-22(32)19-29-13-11-28(10)12-14-30(20-23(33)36-26(4,5)6)16-18-31(17-15-29)21-24(34)37-27(7,8)9/h11-21H2,1-10H3. The number of carbonyl (C=O) groups excluding carboxylic acids is 3. The number of rotatable bonds is 6. The fourth-order valence-electron chi connectivity index (χ4n) is 3.78. The lowest BCUT2D eigenvalue weighted by atomic mass is 10.2. The van der Waals surface area contributed by atoms with E-state index in [4.69, 9.17) is 14.2 Å². The van der Waals surface area contributed by atoms with E-state index >= 15 is 0 Å². The maximum Gasteiger partial charge on any atom is 0.320 e. The summed E-state index contributed by atoms with van der Waals surface area (Å²) in [6, 6.07) is 0. The first-order valence-corrected chi connectivity index (χ1v) is 13.3. The van der Waals surface area contributed by atoms with Crippen LogP contribution >= 0.6 is 0 Å². The van der Waals surface area contributed by atoms with E-state index in [2.05, 4.69) is 14.7 Å². The second-order valence-electron chi connectivity index (χ2n) is 12.9. The van der Waals surface area contributed by atoms with Gasteiger partial charge in [0.1, 0.15) is 16.8 Å². The van der Waals surface area contributed by atoms with Crippen LogP contribution in [0.25, 0.3) is 0 Å². The Balaban J connectivity index is 2.97. The van der Waals surface area contributed by atoms with Crippen molar-refractivity contribution < 1.29 is 28.6 Å². The van der Waals surface area contributed by atoms with Gasteiger partial charge in [0.15, 0.2) is 0 Å². The van der Waals surface area contributed by atoms with E-state index in [0.29, 0.717) is 39.3 Å². The molecular formula is C27H52N4O6. The summed E-state index contributed by atoms with van der Waals surface area (Å²) in [5.41, 5.74) is -1.65. The first kappa shape index (κ1) is 33.3. The zero-order valence-corrected chi connectivity index (χ0v) is 25.0. The van der Waals surface area contributed by atoms with Crippen LogP contribution in [-0.2, 0) is 28.6 Å². The van der Waals surface area contributed by atoms with Crippen molar-refractivity contribution in [2.24, 2.45) is 0 Å². The van der Waals surface area contributed by atoms with Crippen LogP contribution < -0.4 is 0 Å². The van der Waals surface area contributed by atoms with E-state index in [1.165, 1.54) is 0 Å². The van der Waals surface area contributed by atoms with Crippen molar-refractivity contribution >= 4 is 17.9 Å². The highest BCUT2D eigenvalue weighted by Gasteiger charge is 2.25. The van der Waals surface area contributed by atoms with Crippen LogP contribution in [0.15, 0.2) is 0 Å². The summed E-state index contributed by atoms with van der Waals surface area (Å²) in [7, 11) is 2.04. The van der Waals surface area contributed by atoms with Gasteiger partial charge in [0.2, 0.25) is 0 Å². The molecule has 10 nitrogen and oxygen atoms in total. The highest BCUT2D eigenvalue weighted by molar-refractivity contribution is 5.73. The Kier molecular flexibility index (Phi) is 13.0. The minimum Gasteiger partial charge on any atom is -0.459 e. The molecule has 1 fully saturated rings. The van der Waals surface area contributed by atoms with Crippen molar-refractivity contribution in [1.29, 1.82) is 0 Å². The summed E-state index contributed by atoms with van der Waals surface area (Å²) in [5.74, 6) is -0.814. The van der Waals surface area contributed by atoms with Crippen LogP contribution in [0.5, 0.6) is 0 Å². The lowest BCUT2D eigenvalue weighted by Crippen LogP contribution is -2.49. The number of esters is 3. The molecule has 1 aliphatic rings. The average Bonchev–Trinajstić information content (AvgIpc) is 2.66. The quantitative estimate of drug-likeness (QED) is 0.376. The van der Waals surface area contributed by atoms with E-state index in [1.54, 1.807) is 0 Å². The van der Waals surface area contributed by atoms with Crippen molar-refractivity contribution in [1.82, 2.24) is 19.6 Å². The molecule has 0 aromatic rings. The van der Waals surface area contributed by atoms with Crippen molar-refractivity contribution in [3.05, 3.63) is 0 Å². The third-order valence-electron chi connectivity index (χ3n) is 5.38. The van der Waals surface area contributed by atoms with Crippen LogP contribution in [0.3, 0.4) is 0 Å². The van der Waals surface area contributed by atoms with E-state index < -0.39 is 16.8 Å². The van der Waals surface area contributed by atoms with Crippen molar-refractivity contribution in [2.45, 2.75) is 79.1 Å². The first-order valence-electron chi connectivity index (χ1n) is 13.3. The van der Waals surface area contributed by atoms with E-state index in [9.17, 15) is 14.4 Å². The smallest absolute Gasteiger partial charge is 0.320 e. The van der Waals surface area contributed by atoms with Gasteiger partial charge in [0, 0.05) is 52.4 Å². The molecule has 0 aromatic carbocycles. The fourth-order valence-corrected chi connectivity index (χ4v) is 3.78. The Morgan fingerprint density at radius 1 is 0.486 bits per heavy atom. The maximum absolute atomic E-state index is 12.6. The van der Waals surface area contributed by atoms with Gasteiger partial charge in [0.05, 0.1) is 19.6 Å². The molecular weight excluding hydrogens is 476 g/mol. The molecule has 0 aromatic heterocycles. The van der Waals surface area contributed by atoms with Gasteiger partial charge in [-0.25, -0.2) is 0 Å². The van der Waals surface area contributed by atoms with Gasteiger partial charge in [-0.3, -0.25) is 29.1 Å². The zero-order valence-electron chi connectivity index (χ0n) is 25.0. The molecule has 0 bridgehead atoms. The Labute approximate surface area is 224 Å². The fraction of sp³-hybridized carbons (Fsp3) is 0.889. The first-order chi connectivity index (χ1) is 16.8. The molecule has 0 atom stereocenters. The molecule has 0 saturated carbocycles. The summed E-state index contributed by atoms with van der Waals surface area (Å²) >= 11 is 0. The van der Waals surface area contributed by atoms with Gasteiger partial charge in [-0.05, 0) is 69.4 Å². The predicted octanol–water partition coefficient (Wildman–Crippen LogP) is 1.86. The van der Waals surface area contributed by atoms with Crippen LogP contribution in [0, 0.1) is 0 Å². The molecule has 10 heteroatoms. The van der Waals surface area contributed by atoms with Gasteiger partial charge in [0.25, 0.3) is 0 Å². The molecule has 1 aliphatic heterocycles. The number of hydrogen-bond donors (Lipinski definition) is 0. The summed E-state index contributed by atoms with van der Waals surface area (Å²) in [4.78, 5) is 46.1. The average molecular weight is 529 g/mol. The summed E-state index contributed by atoms with van der Waals surface area (Å²) < 4.78 is 16.6. The minimum atomic E-state index is -0.570. The third-order valence-corrected chi connectivity index (χ3v) is 5.38. The van der Waals surface area contributed by atoms with Crippen molar-refractivity contribution in [2.75, 3.05) is 79.0 Å². The number of ether oxygens (including phenoxy) is 3. The molecule has 1 heterocycles. The number of hydrogen-bond acceptors (Lipinski definition) is 10. The van der Waals surface area contributed by atoms with Crippen LogP contribution in [0.1, 0.15) is 62.3 Å². The van der Waals surface area contributed by atoms with Crippen molar-refractivity contribution in [3.8, 4) is 0 Å². The number of carbonyl (C=O) groups is 3. The molecule has 1 saturated heterocycles. The highest BCUT2D eigenvalue weighted by Crippen LogP contribution is 2.11. The molecule has 0 spiro atoms. The monoisotopic (exact) mass is 528 g/mol. The van der Waals surface area contributed by atoms with E-state index in [-0.39, 0.29) is 37.5 Å². The van der Waals surface area contributed by atoms with Crippen LogP contribution in [0.2, 0.25) is 0 Å². The van der Waals surface area contributed by atoms with Crippen LogP contribution in [-0.4, -0.2) is 133 Å². The normalized spacial score (nSPS) is 19.0. The maximum atomic E-state index is 12.6. The molecule has 1 rings (SSSR count). The second kappa shape index (κ2) is 14.4. The Bertz CT molecular complexity index is 693. The molecule has 0 amide bonds. The topological polar surface area (TPSA) is 91.9 Å². The predicted molar refractivity (Wildman–Crippen MR) is 144 cm³/mol.